The summed E-state index contributed by atoms with van der Waals surface area (Å²) in [6.45, 7) is 20.6. The summed E-state index contributed by atoms with van der Waals surface area (Å²) in [6, 6.07) is 0. The lowest BCUT2D eigenvalue weighted by Gasteiger charge is -2.49. The molecule has 14 heteroatoms. The van der Waals surface area contributed by atoms with Crippen LogP contribution in [0.4, 0.5) is 0 Å². The average molecular weight is 807 g/mol. The summed E-state index contributed by atoms with van der Waals surface area (Å²) in [5, 5.41) is 12.4. The number of nitrogens with zero attached hydrogens (tertiary/aromatic N) is 2. The summed E-state index contributed by atoms with van der Waals surface area (Å²) in [5.74, 6) is -0.150. The van der Waals surface area contributed by atoms with Crippen LogP contribution in [-0.2, 0) is 19.2 Å². The molecule has 14 nitrogen and oxygen atoms in total. The van der Waals surface area contributed by atoms with Gasteiger partial charge in [0.2, 0.25) is 23.6 Å². The molecule has 0 bridgehead atoms. The smallest absolute Gasteiger partial charge is 0.221 e. The average Bonchev–Trinajstić information content (AvgIpc) is 3.14. The zero-order chi connectivity index (χ0) is 43.0. The fourth-order valence-corrected chi connectivity index (χ4v) is 8.82. The summed E-state index contributed by atoms with van der Waals surface area (Å²) in [6.07, 6.45) is 11.2. The first-order valence-corrected chi connectivity index (χ1v) is 22.3. The van der Waals surface area contributed by atoms with Gasteiger partial charge < -0.3 is 44.2 Å². The zero-order valence-electron chi connectivity index (χ0n) is 37.5. The van der Waals surface area contributed by atoms with E-state index in [1.807, 2.05) is 27.7 Å². The number of hydrogen-bond donors (Lipinski definition) is 8. The van der Waals surface area contributed by atoms with Gasteiger partial charge in [0.05, 0.1) is 0 Å². The molecule has 57 heavy (non-hydrogen) atoms. The van der Waals surface area contributed by atoms with Crippen molar-refractivity contribution >= 4 is 23.6 Å². The second-order valence-corrected chi connectivity index (χ2v) is 19.1. The Morgan fingerprint density at radius 1 is 0.474 bits per heavy atom. The van der Waals surface area contributed by atoms with E-state index in [0.717, 1.165) is 57.8 Å². The van der Waals surface area contributed by atoms with Gasteiger partial charge in [-0.3, -0.25) is 29.0 Å². The first-order chi connectivity index (χ1) is 26.6. The van der Waals surface area contributed by atoms with E-state index in [1.54, 1.807) is 0 Å². The Morgan fingerprint density at radius 2 is 0.772 bits per heavy atom. The molecule has 2 aliphatic rings. The van der Waals surface area contributed by atoms with Crippen LogP contribution in [0.15, 0.2) is 0 Å². The maximum absolute atomic E-state index is 13.3. The van der Waals surface area contributed by atoms with Crippen molar-refractivity contribution in [1.29, 1.82) is 0 Å². The number of amides is 4. The molecule has 0 aromatic carbocycles. The van der Waals surface area contributed by atoms with Gasteiger partial charge >= 0.3 is 0 Å². The predicted octanol–water partition coefficient (Wildman–Crippen LogP) is 3.14. The molecule has 0 aromatic rings. The Balaban J connectivity index is 2.39. The topological polar surface area (TPSA) is 227 Å². The normalized spacial score (nSPS) is 30.7. The molecule has 12 N–H and O–H groups in total. The lowest BCUT2D eigenvalue weighted by atomic mass is 9.77. The highest BCUT2D eigenvalue weighted by molar-refractivity contribution is 5.77. The second kappa shape index (κ2) is 22.9. The van der Waals surface area contributed by atoms with Gasteiger partial charge in [-0.05, 0) is 111 Å². The van der Waals surface area contributed by atoms with Crippen molar-refractivity contribution in [3.63, 3.8) is 0 Å². The molecule has 0 saturated carbocycles. The predicted molar refractivity (Wildman–Crippen MR) is 232 cm³/mol. The molecule has 2 rings (SSSR count). The van der Waals surface area contributed by atoms with Crippen LogP contribution < -0.4 is 44.2 Å². The Hall–Kier alpha value is -2.36. The van der Waals surface area contributed by atoms with E-state index in [2.05, 4.69) is 58.8 Å². The Morgan fingerprint density at radius 3 is 1.14 bits per heavy atom. The van der Waals surface area contributed by atoms with Crippen LogP contribution in [0.25, 0.3) is 0 Å². The highest BCUT2D eigenvalue weighted by Gasteiger charge is 2.40. The molecule has 0 spiro atoms. The van der Waals surface area contributed by atoms with Gasteiger partial charge in [0.25, 0.3) is 0 Å². The molecular weight excluding hydrogens is 721 g/mol. The molecule has 2 aliphatic heterocycles. The third-order valence-electron chi connectivity index (χ3n) is 13.6. The molecule has 0 aromatic heterocycles. The maximum Gasteiger partial charge on any atom is 0.221 e. The van der Waals surface area contributed by atoms with Crippen LogP contribution in [0.2, 0.25) is 0 Å². The first kappa shape index (κ1) is 50.8. The Bertz CT molecular complexity index is 1260. The molecule has 0 radical (unpaired) electrons. The maximum atomic E-state index is 13.3. The minimum atomic E-state index is -0.603. The lowest BCUT2D eigenvalue weighted by Crippen LogP contribution is -2.55. The third kappa shape index (κ3) is 17.8. The van der Waals surface area contributed by atoms with E-state index in [9.17, 15) is 19.2 Å². The summed E-state index contributed by atoms with van der Waals surface area (Å²) in [5.41, 5.74) is 23.8. The number of carbonyl (C=O) groups excluding carboxylic acids is 4. The van der Waals surface area contributed by atoms with Gasteiger partial charge in [0.15, 0.2) is 0 Å². The molecule has 4 amide bonds. The van der Waals surface area contributed by atoms with E-state index in [4.69, 9.17) is 22.9 Å². The lowest BCUT2D eigenvalue weighted by molar-refractivity contribution is -0.124. The Labute approximate surface area is 346 Å². The van der Waals surface area contributed by atoms with E-state index in [0.29, 0.717) is 104 Å². The number of nitrogens with one attached hydrogen (secondary N) is 4. The third-order valence-corrected chi connectivity index (χ3v) is 13.6. The summed E-state index contributed by atoms with van der Waals surface area (Å²) < 4.78 is 0. The van der Waals surface area contributed by atoms with Gasteiger partial charge in [-0.15, -0.1) is 0 Å². The molecule has 2 saturated heterocycles. The van der Waals surface area contributed by atoms with E-state index in [1.165, 1.54) is 0 Å². The fraction of sp³-hybridized carbons (Fsp3) is 0.907. The van der Waals surface area contributed by atoms with Crippen LogP contribution in [0.1, 0.15) is 165 Å². The van der Waals surface area contributed by atoms with Crippen LogP contribution >= 0.6 is 0 Å². The van der Waals surface area contributed by atoms with Gasteiger partial charge in [-0.1, -0.05) is 27.7 Å². The van der Waals surface area contributed by atoms with Gasteiger partial charge in [0, 0.05) is 111 Å². The zero-order valence-corrected chi connectivity index (χ0v) is 37.5. The minimum absolute atomic E-state index is 0.0172. The molecule has 0 aliphatic carbocycles. The van der Waals surface area contributed by atoms with Crippen molar-refractivity contribution < 1.29 is 19.2 Å². The number of nitrogens with two attached hydrogens (primary N) is 4. The first-order valence-electron chi connectivity index (χ1n) is 22.3. The molecule has 4 unspecified atom stereocenters. The van der Waals surface area contributed by atoms with Crippen LogP contribution in [-0.4, -0.2) is 119 Å². The van der Waals surface area contributed by atoms with Gasteiger partial charge in [-0.2, -0.15) is 0 Å². The monoisotopic (exact) mass is 807 g/mol. The second-order valence-electron chi connectivity index (χ2n) is 19.1. The number of hydrogen-bond acceptors (Lipinski definition) is 10. The van der Waals surface area contributed by atoms with E-state index >= 15 is 0 Å². The van der Waals surface area contributed by atoms with Crippen molar-refractivity contribution in [3.05, 3.63) is 0 Å². The largest absolute Gasteiger partial charge is 0.356 e. The van der Waals surface area contributed by atoms with Crippen molar-refractivity contribution in [2.75, 3.05) is 52.4 Å². The summed E-state index contributed by atoms with van der Waals surface area (Å²) >= 11 is 0. The van der Waals surface area contributed by atoms with E-state index in [-0.39, 0.29) is 34.7 Å². The SMILES string of the molecule is CCC(CC)(CCC(CC)(CC)N1CCC(=O)NCCC(C)(N)CCC(C)(N)CNC(=O)CC1)N1CCC(=O)NCCC(C)(N)CCCC(C)(N)CNC(=O)CC1. The van der Waals surface area contributed by atoms with Crippen molar-refractivity contribution in [2.45, 2.75) is 198 Å². The Kier molecular flexibility index (Phi) is 20.4. The van der Waals surface area contributed by atoms with Crippen LogP contribution in [0, 0.1) is 0 Å². The van der Waals surface area contributed by atoms with Gasteiger partial charge in [-0.25, -0.2) is 0 Å². The minimum Gasteiger partial charge on any atom is -0.356 e. The van der Waals surface area contributed by atoms with Crippen LogP contribution in [0.5, 0.6) is 0 Å². The quantitative estimate of drug-likeness (QED) is 0.170. The van der Waals surface area contributed by atoms with Crippen molar-refractivity contribution in [1.82, 2.24) is 31.1 Å². The van der Waals surface area contributed by atoms with Crippen LogP contribution in [0.3, 0.4) is 0 Å². The number of rotatable bonds is 9. The molecule has 4 atom stereocenters. The standard InChI is InChI=1S/C43H86N10O4/c1-9-42(10-2,52-28-14-34(54)48-26-24-38(5,44)18-13-19-40(7,46)32-50-36(56)16-30-52)22-23-43(11-3,12-4)53-29-15-35(55)49-27-25-39(6,45)20-21-41(8,47)33-51-37(57)17-31-53/h9-33,44-47H2,1-8H3,(H,48,54)(H,49,55)(H,50,56)(H,51,57). The highest BCUT2D eigenvalue weighted by atomic mass is 16.2. The van der Waals surface area contributed by atoms with E-state index < -0.39 is 22.2 Å². The molecular formula is C43H86N10O4. The highest BCUT2D eigenvalue weighted by Crippen LogP contribution is 2.38. The molecule has 2 fully saturated rings. The molecule has 332 valence electrons. The summed E-state index contributed by atoms with van der Waals surface area (Å²) in [7, 11) is 0. The van der Waals surface area contributed by atoms with Crippen molar-refractivity contribution in [3.8, 4) is 0 Å². The number of carbonyl (C=O) groups is 4. The molecule has 2 heterocycles. The summed E-state index contributed by atoms with van der Waals surface area (Å²) in [4.78, 5) is 57.9. The van der Waals surface area contributed by atoms with Gasteiger partial charge in [0.1, 0.15) is 0 Å². The van der Waals surface area contributed by atoms with Crippen molar-refractivity contribution in [2.24, 2.45) is 22.9 Å². The fourth-order valence-electron chi connectivity index (χ4n) is 8.82.